The standard InChI is InChI=1S/C24H23FN4O4/c1-29-21-9-14(4-5-22(21)33-24(29)31)13-2-3-15(18(25)7-13)6-17(10-26)27-23(30)19-8-16-11-32-12-20(16)28-19/h2-5,7,9,16-17,19-20,28H,6,8,11-12H2,1H3,(H,27,30)/t16-,17?,19?,20?/m1/s1. The average Bonchev–Trinajstić information content (AvgIpc) is 3.48. The van der Waals surface area contributed by atoms with E-state index in [1.54, 1.807) is 37.4 Å². The van der Waals surface area contributed by atoms with Gasteiger partial charge in [-0.1, -0.05) is 18.2 Å². The van der Waals surface area contributed by atoms with Crippen LogP contribution in [-0.4, -0.2) is 41.8 Å². The van der Waals surface area contributed by atoms with Crippen molar-refractivity contribution in [2.45, 2.75) is 31.0 Å². The van der Waals surface area contributed by atoms with Crippen molar-refractivity contribution in [2.75, 3.05) is 13.2 Å². The van der Waals surface area contributed by atoms with Crippen LogP contribution in [0.4, 0.5) is 4.39 Å². The van der Waals surface area contributed by atoms with Crippen molar-refractivity contribution in [1.29, 1.82) is 5.26 Å². The highest BCUT2D eigenvalue weighted by atomic mass is 19.1. The fourth-order valence-corrected chi connectivity index (χ4v) is 4.65. The average molecular weight is 450 g/mol. The van der Waals surface area contributed by atoms with E-state index in [4.69, 9.17) is 9.15 Å². The Hall–Kier alpha value is -3.48. The van der Waals surface area contributed by atoms with Crippen LogP contribution in [0.5, 0.6) is 0 Å². The molecule has 33 heavy (non-hydrogen) atoms. The second kappa shape index (κ2) is 8.46. The summed E-state index contributed by atoms with van der Waals surface area (Å²) in [5.41, 5.74) is 2.78. The van der Waals surface area contributed by atoms with Crippen LogP contribution >= 0.6 is 0 Å². The number of ether oxygens (including phenoxy) is 1. The lowest BCUT2D eigenvalue weighted by molar-refractivity contribution is -0.123. The summed E-state index contributed by atoms with van der Waals surface area (Å²) >= 11 is 0. The number of fused-ring (bicyclic) bond motifs is 2. The number of rotatable bonds is 5. The van der Waals surface area contributed by atoms with Gasteiger partial charge in [-0.25, -0.2) is 9.18 Å². The molecule has 2 saturated heterocycles. The maximum absolute atomic E-state index is 14.9. The molecule has 2 N–H and O–H groups in total. The van der Waals surface area contributed by atoms with Gasteiger partial charge in [-0.2, -0.15) is 5.26 Å². The summed E-state index contributed by atoms with van der Waals surface area (Å²) in [5, 5.41) is 15.5. The molecule has 2 fully saturated rings. The highest BCUT2D eigenvalue weighted by molar-refractivity contribution is 5.83. The molecule has 3 heterocycles. The molecule has 2 aliphatic heterocycles. The molecule has 2 aliphatic rings. The molecule has 3 unspecified atom stereocenters. The fraction of sp³-hybridized carbons (Fsp3) is 0.375. The molecular weight excluding hydrogens is 427 g/mol. The number of aryl methyl sites for hydroxylation is 1. The van der Waals surface area contributed by atoms with Crippen LogP contribution in [-0.2, 0) is 23.0 Å². The molecular formula is C24H23FN4O4. The van der Waals surface area contributed by atoms with Crippen LogP contribution in [0.1, 0.15) is 12.0 Å². The van der Waals surface area contributed by atoms with Gasteiger partial charge in [0, 0.05) is 25.4 Å². The smallest absolute Gasteiger partial charge is 0.408 e. The van der Waals surface area contributed by atoms with Crippen LogP contribution in [0.2, 0.25) is 0 Å². The third-order valence-electron chi connectivity index (χ3n) is 6.54. The third-order valence-corrected chi connectivity index (χ3v) is 6.54. The lowest BCUT2D eigenvalue weighted by Crippen LogP contribution is -2.47. The molecule has 4 atom stereocenters. The predicted molar refractivity (Wildman–Crippen MR) is 118 cm³/mol. The topological polar surface area (TPSA) is 109 Å². The number of oxazole rings is 1. The van der Waals surface area contributed by atoms with Crippen LogP contribution < -0.4 is 16.4 Å². The normalized spacial score (nSPS) is 22.8. The fourth-order valence-electron chi connectivity index (χ4n) is 4.65. The number of amides is 1. The summed E-state index contributed by atoms with van der Waals surface area (Å²) in [6, 6.07) is 11.0. The number of hydrogen-bond acceptors (Lipinski definition) is 6. The van der Waals surface area contributed by atoms with Gasteiger partial charge < -0.3 is 19.8 Å². The molecule has 0 radical (unpaired) electrons. The maximum atomic E-state index is 14.9. The Morgan fingerprint density at radius 3 is 2.85 bits per heavy atom. The second-order valence-corrected chi connectivity index (χ2v) is 8.67. The Morgan fingerprint density at radius 1 is 1.30 bits per heavy atom. The van der Waals surface area contributed by atoms with Crippen molar-refractivity contribution in [2.24, 2.45) is 13.0 Å². The molecule has 2 aromatic carbocycles. The summed E-state index contributed by atoms with van der Waals surface area (Å²) in [6.07, 6.45) is 0.733. The summed E-state index contributed by atoms with van der Waals surface area (Å²) in [4.78, 5) is 24.3. The van der Waals surface area contributed by atoms with Crippen molar-refractivity contribution in [3.8, 4) is 17.2 Å². The summed E-state index contributed by atoms with van der Waals surface area (Å²) in [6.45, 7) is 1.24. The molecule has 0 saturated carbocycles. The first-order chi connectivity index (χ1) is 15.9. The van der Waals surface area contributed by atoms with Gasteiger partial charge in [0.1, 0.15) is 11.9 Å². The molecule has 0 aliphatic carbocycles. The van der Waals surface area contributed by atoms with Crippen LogP contribution in [0.25, 0.3) is 22.2 Å². The Labute approximate surface area is 188 Å². The molecule has 8 nitrogen and oxygen atoms in total. The number of aromatic nitrogens is 1. The van der Waals surface area contributed by atoms with Crippen LogP contribution in [0, 0.1) is 23.1 Å². The lowest BCUT2D eigenvalue weighted by Gasteiger charge is -2.17. The predicted octanol–water partition coefficient (Wildman–Crippen LogP) is 1.87. The number of nitrogens with zero attached hydrogens (tertiary/aromatic N) is 2. The minimum Gasteiger partial charge on any atom is -0.408 e. The zero-order valence-electron chi connectivity index (χ0n) is 18.0. The molecule has 9 heteroatoms. The third kappa shape index (κ3) is 4.03. The van der Waals surface area contributed by atoms with Gasteiger partial charge in [-0.05, 0) is 41.3 Å². The highest BCUT2D eigenvalue weighted by Gasteiger charge is 2.41. The Morgan fingerprint density at radius 2 is 2.09 bits per heavy atom. The van der Waals surface area contributed by atoms with Crippen molar-refractivity contribution in [3.63, 3.8) is 0 Å². The van der Waals surface area contributed by atoms with Crippen molar-refractivity contribution >= 4 is 17.0 Å². The highest BCUT2D eigenvalue weighted by Crippen LogP contribution is 2.27. The van der Waals surface area contributed by atoms with E-state index in [-0.39, 0.29) is 24.4 Å². The van der Waals surface area contributed by atoms with Crippen LogP contribution in [0.15, 0.2) is 45.6 Å². The van der Waals surface area contributed by atoms with E-state index in [1.165, 1.54) is 10.6 Å². The van der Waals surface area contributed by atoms with Gasteiger partial charge in [-0.3, -0.25) is 9.36 Å². The molecule has 3 aromatic rings. The van der Waals surface area contributed by atoms with Gasteiger partial charge >= 0.3 is 5.76 Å². The number of carbonyl (C=O) groups is 1. The molecule has 170 valence electrons. The quantitative estimate of drug-likeness (QED) is 0.614. The summed E-state index contributed by atoms with van der Waals surface area (Å²) in [5.74, 6) is -0.853. The van der Waals surface area contributed by atoms with Gasteiger partial charge in [0.25, 0.3) is 0 Å². The number of hydrogen-bond donors (Lipinski definition) is 2. The number of nitrogens with one attached hydrogen (secondary N) is 2. The Bertz CT molecular complexity index is 1310. The summed E-state index contributed by atoms with van der Waals surface area (Å²) in [7, 11) is 1.61. The first-order valence-electron chi connectivity index (χ1n) is 10.8. The number of halogens is 1. The van der Waals surface area contributed by atoms with E-state index in [0.717, 1.165) is 5.56 Å². The lowest BCUT2D eigenvalue weighted by atomic mass is 9.99. The van der Waals surface area contributed by atoms with Gasteiger partial charge in [-0.15, -0.1) is 0 Å². The Balaban J connectivity index is 1.29. The first-order valence-corrected chi connectivity index (χ1v) is 10.8. The van der Waals surface area contributed by atoms with Gasteiger partial charge in [0.2, 0.25) is 5.91 Å². The molecule has 1 amide bonds. The van der Waals surface area contributed by atoms with Crippen LogP contribution in [0.3, 0.4) is 0 Å². The van der Waals surface area contributed by atoms with Crippen molar-refractivity contribution in [3.05, 3.63) is 58.3 Å². The van der Waals surface area contributed by atoms with E-state index >= 15 is 0 Å². The van der Waals surface area contributed by atoms with E-state index in [1.807, 2.05) is 0 Å². The number of carbonyl (C=O) groups excluding carboxylic acids is 1. The van der Waals surface area contributed by atoms with E-state index in [9.17, 15) is 19.2 Å². The minimum atomic E-state index is -0.840. The molecule has 5 rings (SSSR count). The van der Waals surface area contributed by atoms with Gasteiger partial charge in [0.05, 0.1) is 30.8 Å². The van der Waals surface area contributed by atoms with E-state index < -0.39 is 17.6 Å². The molecule has 0 spiro atoms. The minimum absolute atomic E-state index is 0.0618. The van der Waals surface area contributed by atoms with Crippen molar-refractivity contribution in [1.82, 2.24) is 15.2 Å². The molecule has 0 bridgehead atoms. The van der Waals surface area contributed by atoms with Gasteiger partial charge in [0.15, 0.2) is 5.58 Å². The zero-order valence-corrected chi connectivity index (χ0v) is 18.0. The SMILES string of the molecule is Cn1c(=O)oc2ccc(-c3ccc(CC(C#N)NC(=O)C4C[C@@H]5COCC5N4)c(F)c3)cc21. The monoisotopic (exact) mass is 450 g/mol. The Kier molecular flexibility index (Phi) is 5.48. The van der Waals surface area contributed by atoms with E-state index in [2.05, 4.69) is 16.7 Å². The maximum Gasteiger partial charge on any atom is 0.419 e. The zero-order chi connectivity index (χ0) is 23.1. The number of nitriles is 1. The largest absolute Gasteiger partial charge is 0.419 e. The number of benzene rings is 2. The van der Waals surface area contributed by atoms with E-state index in [0.29, 0.717) is 47.8 Å². The molecule has 1 aromatic heterocycles. The first kappa shape index (κ1) is 21.4. The van der Waals surface area contributed by atoms with Crippen molar-refractivity contribution < 1.29 is 18.3 Å². The second-order valence-electron chi connectivity index (χ2n) is 8.67. The summed E-state index contributed by atoms with van der Waals surface area (Å²) < 4.78 is 26.8.